The first-order valence-electron chi connectivity index (χ1n) is 4.85. The Balaban J connectivity index is 2.32. The van der Waals surface area contributed by atoms with Crippen LogP contribution in [-0.4, -0.2) is 18.7 Å². The maximum absolute atomic E-state index is 11.5. The molecule has 1 aromatic carbocycles. The van der Waals surface area contributed by atoms with Crippen LogP contribution < -0.4 is 4.90 Å². The van der Waals surface area contributed by atoms with Crippen LogP contribution in [0, 0.1) is 11.3 Å². The lowest BCUT2D eigenvalue weighted by Crippen LogP contribution is -2.31. The standard InChI is InChI=1S/C12H10N2O2/c1-2-10-8-16-12(15)14(10)11-5-3-9(7-13)4-6-11/h2-6,10H,1,8H2. The van der Waals surface area contributed by atoms with Gasteiger partial charge in [-0.3, -0.25) is 4.90 Å². The molecule has 0 N–H and O–H groups in total. The smallest absolute Gasteiger partial charge is 0.415 e. The van der Waals surface area contributed by atoms with E-state index in [0.29, 0.717) is 17.9 Å². The molecule has 1 fully saturated rings. The highest BCUT2D eigenvalue weighted by Crippen LogP contribution is 2.23. The summed E-state index contributed by atoms with van der Waals surface area (Å²) in [5, 5.41) is 8.67. The third kappa shape index (κ3) is 1.63. The Kier molecular flexibility index (Phi) is 2.61. The van der Waals surface area contributed by atoms with Gasteiger partial charge in [-0.05, 0) is 24.3 Å². The molecule has 1 saturated heterocycles. The molecule has 1 amide bonds. The SMILES string of the molecule is C=CC1COC(=O)N1c1ccc(C#N)cc1. The first-order valence-corrected chi connectivity index (χ1v) is 4.85. The van der Waals surface area contributed by atoms with Gasteiger partial charge in [-0.15, -0.1) is 6.58 Å². The van der Waals surface area contributed by atoms with E-state index in [1.54, 1.807) is 30.3 Å². The van der Waals surface area contributed by atoms with E-state index >= 15 is 0 Å². The summed E-state index contributed by atoms with van der Waals surface area (Å²) in [6, 6.07) is 8.67. The van der Waals surface area contributed by atoms with E-state index in [2.05, 4.69) is 6.58 Å². The minimum absolute atomic E-state index is 0.138. The number of carbonyl (C=O) groups excluding carboxylic acids is 1. The van der Waals surface area contributed by atoms with Crippen molar-refractivity contribution in [2.24, 2.45) is 0 Å². The molecule has 0 radical (unpaired) electrons. The van der Waals surface area contributed by atoms with E-state index in [9.17, 15) is 4.79 Å². The molecular weight excluding hydrogens is 204 g/mol. The number of hydrogen-bond donors (Lipinski definition) is 0. The van der Waals surface area contributed by atoms with Crippen molar-refractivity contribution < 1.29 is 9.53 Å². The number of carbonyl (C=O) groups is 1. The summed E-state index contributed by atoms with van der Waals surface area (Å²) in [6.07, 6.45) is 1.29. The minimum Gasteiger partial charge on any atom is -0.447 e. The molecule has 1 aliphatic rings. The number of cyclic esters (lactones) is 1. The van der Waals surface area contributed by atoms with Gasteiger partial charge in [-0.2, -0.15) is 5.26 Å². The van der Waals surface area contributed by atoms with Gasteiger partial charge in [0.15, 0.2) is 0 Å². The molecule has 1 atom stereocenters. The number of amides is 1. The Hall–Kier alpha value is -2.28. The van der Waals surface area contributed by atoms with E-state index in [4.69, 9.17) is 10.00 Å². The van der Waals surface area contributed by atoms with E-state index in [-0.39, 0.29) is 12.1 Å². The molecule has 16 heavy (non-hydrogen) atoms. The molecule has 0 aromatic heterocycles. The van der Waals surface area contributed by atoms with Crippen LogP contribution in [0.25, 0.3) is 0 Å². The normalized spacial score (nSPS) is 19.1. The molecule has 80 valence electrons. The van der Waals surface area contributed by atoms with E-state index in [1.807, 2.05) is 6.07 Å². The van der Waals surface area contributed by atoms with Gasteiger partial charge in [-0.1, -0.05) is 6.08 Å². The van der Waals surface area contributed by atoms with Crippen molar-refractivity contribution in [2.45, 2.75) is 6.04 Å². The van der Waals surface area contributed by atoms with Gasteiger partial charge >= 0.3 is 6.09 Å². The highest BCUT2D eigenvalue weighted by atomic mass is 16.6. The lowest BCUT2D eigenvalue weighted by Gasteiger charge is -2.18. The average Bonchev–Trinajstić information content (AvgIpc) is 2.70. The molecule has 0 spiro atoms. The summed E-state index contributed by atoms with van der Waals surface area (Å²) in [5.41, 5.74) is 1.28. The lowest BCUT2D eigenvalue weighted by molar-refractivity contribution is 0.180. The third-order valence-electron chi connectivity index (χ3n) is 2.45. The number of nitriles is 1. The molecule has 1 heterocycles. The van der Waals surface area contributed by atoms with Crippen molar-refractivity contribution in [3.63, 3.8) is 0 Å². The summed E-state index contributed by atoms with van der Waals surface area (Å²) in [6.45, 7) is 3.98. The van der Waals surface area contributed by atoms with Crippen molar-refractivity contribution in [3.05, 3.63) is 42.5 Å². The maximum atomic E-state index is 11.5. The molecule has 4 heteroatoms. The van der Waals surface area contributed by atoms with Gasteiger partial charge in [-0.25, -0.2) is 4.79 Å². The maximum Gasteiger partial charge on any atom is 0.415 e. The number of nitrogens with zero attached hydrogens (tertiary/aromatic N) is 2. The summed E-state index contributed by atoms with van der Waals surface area (Å²) < 4.78 is 4.93. The van der Waals surface area contributed by atoms with Crippen molar-refractivity contribution >= 4 is 11.8 Å². The number of hydrogen-bond acceptors (Lipinski definition) is 3. The van der Waals surface area contributed by atoms with Crippen molar-refractivity contribution in [2.75, 3.05) is 11.5 Å². The molecule has 1 aliphatic heterocycles. The Morgan fingerprint density at radius 2 is 2.19 bits per heavy atom. The molecule has 1 unspecified atom stereocenters. The predicted molar refractivity (Wildman–Crippen MR) is 59.0 cm³/mol. The van der Waals surface area contributed by atoms with Crippen LogP contribution in [0.5, 0.6) is 0 Å². The lowest BCUT2D eigenvalue weighted by atomic mass is 10.2. The van der Waals surface area contributed by atoms with Crippen molar-refractivity contribution in [3.8, 4) is 6.07 Å². The second-order valence-electron chi connectivity index (χ2n) is 3.41. The summed E-state index contributed by atoms with van der Waals surface area (Å²) in [7, 11) is 0. The summed E-state index contributed by atoms with van der Waals surface area (Å²) in [4.78, 5) is 13.0. The van der Waals surface area contributed by atoms with Gasteiger partial charge in [0.1, 0.15) is 6.61 Å². The zero-order valence-corrected chi connectivity index (χ0v) is 8.59. The number of ether oxygens (including phenoxy) is 1. The molecule has 0 bridgehead atoms. The number of benzene rings is 1. The van der Waals surface area contributed by atoms with Gasteiger partial charge in [0.05, 0.1) is 17.7 Å². The van der Waals surface area contributed by atoms with Gasteiger partial charge < -0.3 is 4.74 Å². The fourth-order valence-electron chi connectivity index (χ4n) is 1.60. The average molecular weight is 214 g/mol. The highest BCUT2D eigenvalue weighted by molar-refractivity contribution is 5.90. The molecular formula is C12H10N2O2. The van der Waals surface area contributed by atoms with Gasteiger partial charge in [0, 0.05) is 5.69 Å². The number of rotatable bonds is 2. The molecule has 0 saturated carbocycles. The van der Waals surface area contributed by atoms with Crippen LogP contribution in [0.15, 0.2) is 36.9 Å². The Morgan fingerprint density at radius 3 is 2.75 bits per heavy atom. The first kappa shape index (κ1) is 10.2. The Labute approximate surface area is 93.4 Å². The second-order valence-corrected chi connectivity index (χ2v) is 3.41. The van der Waals surface area contributed by atoms with Crippen LogP contribution in [-0.2, 0) is 4.74 Å². The fourth-order valence-corrected chi connectivity index (χ4v) is 1.60. The van der Waals surface area contributed by atoms with Crippen LogP contribution in [0.1, 0.15) is 5.56 Å². The van der Waals surface area contributed by atoms with E-state index in [1.165, 1.54) is 4.90 Å². The zero-order chi connectivity index (χ0) is 11.5. The molecule has 0 aliphatic carbocycles. The molecule has 1 aromatic rings. The largest absolute Gasteiger partial charge is 0.447 e. The second kappa shape index (κ2) is 4.07. The predicted octanol–water partition coefficient (Wildman–Crippen LogP) is 2.07. The molecule has 4 nitrogen and oxygen atoms in total. The van der Waals surface area contributed by atoms with Crippen LogP contribution in [0.4, 0.5) is 10.5 Å². The topological polar surface area (TPSA) is 53.3 Å². The van der Waals surface area contributed by atoms with Crippen LogP contribution >= 0.6 is 0 Å². The first-order chi connectivity index (χ1) is 7.76. The molecule has 2 rings (SSSR count). The van der Waals surface area contributed by atoms with Gasteiger partial charge in [0.25, 0.3) is 0 Å². The van der Waals surface area contributed by atoms with Crippen molar-refractivity contribution in [1.82, 2.24) is 0 Å². The Morgan fingerprint density at radius 1 is 1.50 bits per heavy atom. The minimum atomic E-state index is -0.380. The highest BCUT2D eigenvalue weighted by Gasteiger charge is 2.31. The number of anilines is 1. The van der Waals surface area contributed by atoms with Crippen LogP contribution in [0.3, 0.4) is 0 Å². The quantitative estimate of drug-likeness (QED) is 0.708. The monoisotopic (exact) mass is 214 g/mol. The van der Waals surface area contributed by atoms with E-state index in [0.717, 1.165) is 0 Å². The van der Waals surface area contributed by atoms with Crippen LogP contribution in [0.2, 0.25) is 0 Å². The van der Waals surface area contributed by atoms with Gasteiger partial charge in [0.2, 0.25) is 0 Å². The summed E-state index contributed by atoms with van der Waals surface area (Å²) in [5.74, 6) is 0. The third-order valence-corrected chi connectivity index (χ3v) is 2.45. The zero-order valence-electron chi connectivity index (χ0n) is 8.59. The van der Waals surface area contributed by atoms with E-state index < -0.39 is 0 Å². The Bertz CT molecular complexity index is 459. The summed E-state index contributed by atoms with van der Waals surface area (Å²) >= 11 is 0. The van der Waals surface area contributed by atoms with Crippen molar-refractivity contribution in [1.29, 1.82) is 5.26 Å². The fraction of sp³-hybridized carbons (Fsp3) is 0.167.